The second-order valence-electron chi connectivity index (χ2n) is 8.16. The zero-order valence-corrected chi connectivity index (χ0v) is 17.2. The highest BCUT2D eigenvalue weighted by Crippen LogP contribution is 2.46. The van der Waals surface area contributed by atoms with Crippen molar-refractivity contribution in [2.75, 3.05) is 0 Å². The van der Waals surface area contributed by atoms with Crippen molar-refractivity contribution in [3.05, 3.63) is 149 Å². The fourth-order valence-electron chi connectivity index (χ4n) is 4.78. The standard InChI is InChI=1S/C30H26/c1-4-12-23(13-5-1)20-28-26-18-10-11-19-27(26)29(21-24-14-6-2-7-15-24)30(28)22-25-16-8-3-9-17-25/h1-19,28H,20-22H2. The summed E-state index contributed by atoms with van der Waals surface area (Å²) >= 11 is 0. The Morgan fingerprint density at radius 2 is 0.967 bits per heavy atom. The van der Waals surface area contributed by atoms with Crippen molar-refractivity contribution < 1.29 is 0 Å². The van der Waals surface area contributed by atoms with Crippen LogP contribution < -0.4 is 0 Å². The van der Waals surface area contributed by atoms with Crippen molar-refractivity contribution in [3.8, 4) is 0 Å². The summed E-state index contributed by atoms with van der Waals surface area (Å²) < 4.78 is 0. The normalized spacial score (nSPS) is 15.3. The molecule has 0 amide bonds. The highest BCUT2D eigenvalue weighted by atomic mass is 14.3. The molecule has 0 fully saturated rings. The van der Waals surface area contributed by atoms with Gasteiger partial charge in [-0.3, -0.25) is 0 Å². The molecular formula is C30H26. The first-order valence-electron chi connectivity index (χ1n) is 10.8. The van der Waals surface area contributed by atoms with Gasteiger partial charge in [0.15, 0.2) is 0 Å². The van der Waals surface area contributed by atoms with Crippen molar-refractivity contribution in [1.29, 1.82) is 0 Å². The molecule has 4 aromatic rings. The third-order valence-corrected chi connectivity index (χ3v) is 6.21. The van der Waals surface area contributed by atoms with Crippen LogP contribution in [0.25, 0.3) is 5.57 Å². The molecule has 1 unspecified atom stereocenters. The van der Waals surface area contributed by atoms with Gasteiger partial charge in [0.25, 0.3) is 0 Å². The van der Waals surface area contributed by atoms with Crippen LogP contribution in [0.15, 0.2) is 121 Å². The third kappa shape index (κ3) is 3.86. The van der Waals surface area contributed by atoms with Crippen molar-refractivity contribution in [2.45, 2.75) is 25.2 Å². The van der Waals surface area contributed by atoms with Crippen molar-refractivity contribution >= 4 is 5.57 Å². The van der Waals surface area contributed by atoms with Crippen molar-refractivity contribution in [2.24, 2.45) is 0 Å². The van der Waals surface area contributed by atoms with Gasteiger partial charge in [-0.2, -0.15) is 0 Å². The predicted octanol–water partition coefficient (Wildman–Crippen LogP) is 7.27. The van der Waals surface area contributed by atoms with E-state index < -0.39 is 0 Å². The molecular weight excluding hydrogens is 360 g/mol. The molecule has 0 radical (unpaired) electrons. The molecule has 0 nitrogen and oxygen atoms in total. The third-order valence-electron chi connectivity index (χ3n) is 6.21. The van der Waals surface area contributed by atoms with Gasteiger partial charge >= 0.3 is 0 Å². The van der Waals surface area contributed by atoms with E-state index in [0.29, 0.717) is 5.92 Å². The Balaban J connectivity index is 1.61. The maximum absolute atomic E-state index is 2.34. The van der Waals surface area contributed by atoms with Gasteiger partial charge in [0.2, 0.25) is 0 Å². The van der Waals surface area contributed by atoms with E-state index in [1.807, 2.05) is 0 Å². The van der Waals surface area contributed by atoms with Gasteiger partial charge in [0, 0.05) is 5.92 Å². The largest absolute Gasteiger partial charge is 0.0622 e. The lowest BCUT2D eigenvalue weighted by Crippen LogP contribution is -2.06. The number of hydrogen-bond donors (Lipinski definition) is 0. The molecule has 146 valence electrons. The number of rotatable bonds is 6. The second-order valence-corrected chi connectivity index (χ2v) is 8.16. The topological polar surface area (TPSA) is 0 Å². The van der Waals surface area contributed by atoms with E-state index in [1.165, 1.54) is 33.4 Å². The highest BCUT2D eigenvalue weighted by molar-refractivity contribution is 5.80. The molecule has 0 saturated carbocycles. The van der Waals surface area contributed by atoms with E-state index in [9.17, 15) is 0 Å². The number of allylic oxidation sites excluding steroid dienone is 2. The quantitative estimate of drug-likeness (QED) is 0.327. The summed E-state index contributed by atoms with van der Waals surface area (Å²) in [7, 11) is 0. The Kier molecular flexibility index (Phi) is 5.31. The summed E-state index contributed by atoms with van der Waals surface area (Å²) in [4.78, 5) is 0. The monoisotopic (exact) mass is 386 g/mol. The molecule has 0 saturated heterocycles. The van der Waals surface area contributed by atoms with Gasteiger partial charge < -0.3 is 0 Å². The molecule has 0 heteroatoms. The fourth-order valence-corrected chi connectivity index (χ4v) is 4.78. The minimum atomic E-state index is 0.433. The van der Waals surface area contributed by atoms with Crippen LogP contribution in [-0.2, 0) is 19.3 Å². The van der Waals surface area contributed by atoms with E-state index in [1.54, 1.807) is 5.57 Å². The number of hydrogen-bond acceptors (Lipinski definition) is 0. The van der Waals surface area contributed by atoms with Crippen LogP contribution in [0.4, 0.5) is 0 Å². The average Bonchev–Trinajstić information content (AvgIpc) is 3.08. The van der Waals surface area contributed by atoms with Gasteiger partial charge in [0.05, 0.1) is 0 Å². The molecule has 5 rings (SSSR count). The van der Waals surface area contributed by atoms with Gasteiger partial charge in [-0.15, -0.1) is 0 Å². The molecule has 1 aliphatic rings. The van der Waals surface area contributed by atoms with E-state index in [4.69, 9.17) is 0 Å². The van der Waals surface area contributed by atoms with Crippen molar-refractivity contribution in [1.82, 2.24) is 0 Å². The maximum atomic E-state index is 2.34. The lowest BCUT2D eigenvalue weighted by atomic mass is 9.86. The van der Waals surface area contributed by atoms with Gasteiger partial charge in [-0.1, -0.05) is 121 Å². The smallest absolute Gasteiger partial charge is 0.0104 e. The van der Waals surface area contributed by atoms with E-state index in [2.05, 4.69) is 115 Å². The molecule has 0 aliphatic heterocycles. The molecule has 0 heterocycles. The van der Waals surface area contributed by atoms with Crippen LogP contribution in [0.5, 0.6) is 0 Å². The van der Waals surface area contributed by atoms with Crippen LogP contribution in [0.3, 0.4) is 0 Å². The zero-order valence-electron chi connectivity index (χ0n) is 17.2. The zero-order chi connectivity index (χ0) is 20.2. The Morgan fingerprint density at radius 1 is 0.467 bits per heavy atom. The minimum absolute atomic E-state index is 0.433. The molecule has 4 aromatic carbocycles. The van der Waals surface area contributed by atoms with E-state index >= 15 is 0 Å². The summed E-state index contributed by atoms with van der Waals surface area (Å²) in [5.41, 5.74) is 10.2. The van der Waals surface area contributed by atoms with Crippen LogP contribution in [0.2, 0.25) is 0 Å². The number of benzene rings is 4. The van der Waals surface area contributed by atoms with E-state index in [-0.39, 0.29) is 0 Å². The summed E-state index contributed by atoms with van der Waals surface area (Å²) in [6, 6.07) is 41.8. The molecule has 0 aromatic heterocycles. The van der Waals surface area contributed by atoms with Gasteiger partial charge in [-0.25, -0.2) is 0 Å². The molecule has 1 aliphatic carbocycles. The van der Waals surface area contributed by atoms with Crippen molar-refractivity contribution in [3.63, 3.8) is 0 Å². The molecule has 0 N–H and O–H groups in total. The van der Waals surface area contributed by atoms with Gasteiger partial charge in [0.1, 0.15) is 0 Å². The minimum Gasteiger partial charge on any atom is -0.0622 e. The van der Waals surface area contributed by atoms with Crippen LogP contribution in [0.1, 0.15) is 33.7 Å². The summed E-state index contributed by atoms with van der Waals surface area (Å²) in [6.45, 7) is 0. The Bertz CT molecular complexity index is 1140. The van der Waals surface area contributed by atoms with Crippen LogP contribution in [0, 0.1) is 0 Å². The molecule has 30 heavy (non-hydrogen) atoms. The highest BCUT2D eigenvalue weighted by Gasteiger charge is 2.30. The molecule has 0 bridgehead atoms. The summed E-state index contributed by atoms with van der Waals surface area (Å²) in [6.07, 6.45) is 3.05. The first kappa shape index (κ1) is 18.6. The van der Waals surface area contributed by atoms with Crippen LogP contribution >= 0.6 is 0 Å². The summed E-state index contributed by atoms with van der Waals surface area (Å²) in [5.74, 6) is 0.433. The van der Waals surface area contributed by atoms with E-state index in [0.717, 1.165) is 19.3 Å². The Labute approximate surface area is 179 Å². The lowest BCUT2D eigenvalue weighted by Gasteiger charge is -2.18. The first-order chi connectivity index (χ1) is 14.9. The molecule has 1 atom stereocenters. The SMILES string of the molecule is c1ccc(CC2=C(Cc3ccccc3)C(Cc3ccccc3)c3ccccc32)cc1. The average molecular weight is 387 g/mol. The van der Waals surface area contributed by atoms with Gasteiger partial charge in [-0.05, 0) is 52.7 Å². The second kappa shape index (κ2) is 8.55. The fraction of sp³-hybridized carbons (Fsp3) is 0.133. The Hall–Kier alpha value is -3.38. The maximum Gasteiger partial charge on any atom is 0.0104 e. The predicted molar refractivity (Wildman–Crippen MR) is 127 cm³/mol. The summed E-state index contributed by atoms with van der Waals surface area (Å²) in [5, 5.41) is 0. The van der Waals surface area contributed by atoms with Crippen LogP contribution in [-0.4, -0.2) is 0 Å². The molecule has 0 spiro atoms. The lowest BCUT2D eigenvalue weighted by molar-refractivity contribution is 0.777. The number of fused-ring (bicyclic) bond motifs is 1. The first-order valence-corrected chi connectivity index (χ1v) is 10.8. The Morgan fingerprint density at radius 3 is 1.60 bits per heavy atom.